The van der Waals surface area contributed by atoms with Crippen molar-refractivity contribution in [3.8, 4) is 5.75 Å². The van der Waals surface area contributed by atoms with Gasteiger partial charge in [-0.3, -0.25) is 19.3 Å². The first-order chi connectivity index (χ1) is 17.3. The van der Waals surface area contributed by atoms with Crippen LogP contribution in [0.4, 0.5) is 15.9 Å². The maximum atomic E-state index is 13.7. The number of anilines is 2. The number of amides is 3. The van der Waals surface area contributed by atoms with E-state index >= 15 is 0 Å². The molecule has 0 saturated heterocycles. The van der Waals surface area contributed by atoms with Crippen LogP contribution in [0.3, 0.4) is 0 Å². The van der Waals surface area contributed by atoms with Crippen LogP contribution < -0.4 is 20.3 Å². The zero-order valence-corrected chi connectivity index (χ0v) is 20.4. The fourth-order valence-corrected chi connectivity index (χ4v) is 3.61. The van der Waals surface area contributed by atoms with Gasteiger partial charge in [0.25, 0.3) is 0 Å². The minimum atomic E-state index is -1.11. The molecule has 0 saturated carbocycles. The molecule has 2 N–H and O–H groups in total. The van der Waals surface area contributed by atoms with Gasteiger partial charge in [-0.05, 0) is 55.8 Å². The largest absolute Gasteiger partial charge is 0.497 e. The van der Waals surface area contributed by atoms with Gasteiger partial charge in [-0.15, -0.1) is 0 Å². The second kappa shape index (κ2) is 12.4. The average Bonchev–Trinajstić information content (AvgIpc) is 2.86. The Morgan fingerprint density at radius 1 is 1.00 bits per heavy atom. The van der Waals surface area contributed by atoms with Gasteiger partial charge in [0, 0.05) is 36.8 Å². The fourth-order valence-electron chi connectivity index (χ4n) is 3.61. The summed E-state index contributed by atoms with van der Waals surface area (Å²) in [6, 6.07) is 15.9. The second-order valence-electron chi connectivity index (χ2n) is 8.35. The van der Waals surface area contributed by atoms with Gasteiger partial charge in [-0.25, -0.2) is 9.37 Å². The third kappa shape index (κ3) is 7.11. The molecule has 0 aliphatic heterocycles. The van der Waals surface area contributed by atoms with Crippen LogP contribution in [0.2, 0.25) is 0 Å². The molecule has 36 heavy (non-hydrogen) atoms. The van der Waals surface area contributed by atoms with Crippen molar-refractivity contribution in [3.63, 3.8) is 0 Å². The molecule has 0 radical (unpaired) electrons. The normalized spacial score (nSPS) is 11.5. The molecule has 2 aromatic carbocycles. The molecule has 3 aromatic rings. The van der Waals surface area contributed by atoms with Crippen LogP contribution in [0.1, 0.15) is 38.3 Å². The summed E-state index contributed by atoms with van der Waals surface area (Å²) in [4.78, 5) is 44.8. The van der Waals surface area contributed by atoms with Crippen molar-refractivity contribution >= 4 is 29.2 Å². The van der Waals surface area contributed by atoms with Gasteiger partial charge in [-0.2, -0.15) is 0 Å². The van der Waals surface area contributed by atoms with Gasteiger partial charge in [-0.1, -0.05) is 24.3 Å². The highest BCUT2D eigenvalue weighted by atomic mass is 19.1. The minimum absolute atomic E-state index is 0.127. The number of nitrogens with one attached hydrogen (secondary N) is 2. The molecule has 188 valence electrons. The van der Waals surface area contributed by atoms with E-state index in [1.54, 1.807) is 62.5 Å². The number of carbonyl (C=O) groups is 3. The number of carbonyl (C=O) groups excluding carboxylic acids is 3. The van der Waals surface area contributed by atoms with Crippen LogP contribution in [0.15, 0.2) is 72.9 Å². The molecule has 0 aliphatic rings. The number of hydrogen-bond donors (Lipinski definition) is 2. The number of benzene rings is 2. The Labute approximate surface area is 209 Å². The Balaban J connectivity index is 1.95. The van der Waals surface area contributed by atoms with Crippen molar-refractivity contribution in [2.45, 2.75) is 38.8 Å². The van der Waals surface area contributed by atoms with Crippen molar-refractivity contribution in [1.82, 2.24) is 10.3 Å². The lowest BCUT2D eigenvalue weighted by atomic mass is 10.0. The maximum absolute atomic E-state index is 13.7. The zero-order chi connectivity index (χ0) is 26.1. The van der Waals surface area contributed by atoms with Gasteiger partial charge in [0.2, 0.25) is 17.7 Å². The Morgan fingerprint density at radius 2 is 1.75 bits per heavy atom. The summed E-state index contributed by atoms with van der Waals surface area (Å²) in [6.45, 7) is 3.61. The molecule has 0 fully saturated rings. The number of ether oxygens (including phenoxy) is 1. The molecule has 0 aliphatic carbocycles. The van der Waals surface area contributed by atoms with Gasteiger partial charge in [0.05, 0.1) is 7.11 Å². The predicted octanol–water partition coefficient (Wildman–Crippen LogP) is 4.25. The van der Waals surface area contributed by atoms with Crippen molar-refractivity contribution in [2.75, 3.05) is 17.3 Å². The molecule has 0 unspecified atom stereocenters. The average molecular weight is 493 g/mol. The van der Waals surface area contributed by atoms with Crippen LogP contribution >= 0.6 is 0 Å². The van der Waals surface area contributed by atoms with Crippen LogP contribution in [0.25, 0.3) is 0 Å². The predicted molar refractivity (Wildman–Crippen MR) is 135 cm³/mol. The van der Waals surface area contributed by atoms with Gasteiger partial charge in [0.1, 0.15) is 23.4 Å². The lowest BCUT2D eigenvalue weighted by Gasteiger charge is -2.32. The van der Waals surface area contributed by atoms with E-state index in [0.29, 0.717) is 22.8 Å². The van der Waals surface area contributed by atoms with Crippen LogP contribution in [-0.2, 0) is 14.4 Å². The molecular formula is C27H29FN4O4. The summed E-state index contributed by atoms with van der Waals surface area (Å²) in [5.41, 5.74) is 0.821. The first-order valence-corrected chi connectivity index (χ1v) is 11.5. The number of pyridine rings is 1. The second-order valence-corrected chi connectivity index (χ2v) is 8.35. The minimum Gasteiger partial charge on any atom is -0.497 e. The third-order valence-electron chi connectivity index (χ3n) is 5.22. The zero-order valence-electron chi connectivity index (χ0n) is 20.4. The highest BCUT2D eigenvalue weighted by Crippen LogP contribution is 2.31. The maximum Gasteiger partial charge on any atom is 0.248 e. The lowest BCUT2D eigenvalue weighted by molar-refractivity contribution is -0.127. The summed E-state index contributed by atoms with van der Waals surface area (Å²) in [7, 11) is 1.50. The molecule has 0 bridgehead atoms. The highest BCUT2D eigenvalue weighted by molar-refractivity contribution is 6.03. The summed E-state index contributed by atoms with van der Waals surface area (Å²) in [5, 5.41) is 5.49. The quantitative estimate of drug-likeness (QED) is 0.441. The van der Waals surface area contributed by atoms with E-state index in [-0.39, 0.29) is 18.9 Å². The summed E-state index contributed by atoms with van der Waals surface area (Å²) in [6.07, 6.45) is 1.24. The SMILES string of the molecule is COc1cccc(N(C(=O)CCC(=O)Nc2ccccn2)[C@H](C(=O)NC(C)C)c2ccc(F)cc2)c1. The van der Waals surface area contributed by atoms with Crippen molar-refractivity contribution in [1.29, 1.82) is 0 Å². The van der Waals surface area contributed by atoms with Crippen molar-refractivity contribution < 1.29 is 23.5 Å². The standard InChI is InChI=1S/C27H29FN4O4/c1-18(2)30-27(35)26(19-10-12-20(28)13-11-19)32(21-7-6-8-22(17-21)36-3)25(34)15-14-24(33)31-23-9-4-5-16-29-23/h4-13,16-18,26H,14-15H2,1-3H3,(H,30,35)(H,29,31,33)/t26-/m0/s1. The van der Waals surface area contributed by atoms with Gasteiger partial charge in [0.15, 0.2) is 0 Å². The monoisotopic (exact) mass is 492 g/mol. The number of rotatable bonds is 10. The van der Waals surface area contributed by atoms with E-state index in [4.69, 9.17) is 4.74 Å². The lowest BCUT2D eigenvalue weighted by Crippen LogP contribution is -2.46. The third-order valence-corrected chi connectivity index (χ3v) is 5.22. The smallest absolute Gasteiger partial charge is 0.248 e. The molecule has 8 nitrogen and oxygen atoms in total. The molecular weight excluding hydrogens is 463 g/mol. The van der Waals surface area contributed by atoms with Gasteiger partial charge >= 0.3 is 0 Å². The molecule has 0 spiro atoms. The first-order valence-electron chi connectivity index (χ1n) is 11.5. The highest BCUT2D eigenvalue weighted by Gasteiger charge is 2.33. The Hall–Kier alpha value is -4.27. The topological polar surface area (TPSA) is 101 Å². The number of halogens is 1. The number of nitrogens with zero attached hydrogens (tertiary/aromatic N) is 2. The summed E-state index contributed by atoms with van der Waals surface area (Å²) >= 11 is 0. The fraction of sp³-hybridized carbons (Fsp3) is 0.259. The van der Waals surface area contributed by atoms with E-state index in [2.05, 4.69) is 15.6 Å². The molecule has 3 amide bonds. The molecule has 1 aromatic heterocycles. The number of aromatic nitrogens is 1. The Bertz CT molecular complexity index is 1190. The van der Waals surface area contributed by atoms with E-state index in [1.807, 2.05) is 0 Å². The van der Waals surface area contributed by atoms with E-state index in [9.17, 15) is 18.8 Å². The first kappa shape index (κ1) is 26.3. The van der Waals surface area contributed by atoms with Crippen molar-refractivity contribution in [2.24, 2.45) is 0 Å². The Morgan fingerprint density at radius 3 is 2.39 bits per heavy atom. The number of methoxy groups -OCH3 is 1. The molecule has 3 rings (SSSR count). The summed E-state index contributed by atoms with van der Waals surface area (Å²) < 4.78 is 19.0. The number of hydrogen-bond acceptors (Lipinski definition) is 5. The van der Waals surface area contributed by atoms with Crippen LogP contribution in [-0.4, -0.2) is 35.9 Å². The van der Waals surface area contributed by atoms with Crippen LogP contribution in [0, 0.1) is 5.82 Å². The van der Waals surface area contributed by atoms with Crippen molar-refractivity contribution in [3.05, 3.63) is 84.3 Å². The van der Waals surface area contributed by atoms with E-state index in [1.165, 1.54) is 36.3 Å². The van der Waals surface area contributed by atoms with E-state index < -0.39 is 29.6 Å². The Kier molecular flexibility index (Phi) is 9.10. The summed E-state index contributed by atoms with van der Waals surface area (Å²) in [5.74, 6) is -0.899. The van der Waals surface area contributed by atoms with Gasteiger partial charge < -0.3 is 15.4 Å². The molecule has 1 heterocycles. The van der Waals surface area contributed by atoms with E-state index in [0.717, 1.165) is 0 Å². The molecule has 1 atom stereocenters. The molecule has 9 heteroatoms. The van der Waals surface area contributed by atoms with Crippen LogP contribution in [0.5, 0.6) is 5.75 Å².